The molecule has 0 aliphatic carbocycles. The van der Waals surface area contributed by atoms with Gasteiger partial charge in [-0.05, 0) is 51.3 Å². The van der Waals surface area contributed by atoms with Crippen molar-refractivity contribution in [2.75, 3.05) is 26.2 Å². The fourth-order valence-corrected chi connectivity index (χ4v) is 5.78. The Balaban J connectivity index is 1.79. The lowest BCUT2D eigenvalue weighted by Crippen LogP contribution is -2.53. The molecule has 5 nitrogen and oxygen atoms in total. The highest BCUT2D eigenvalue weighted by Gasteiger charge is 2.35. The summed E-state index contributed by atoms with van der Waals surface area (Å²) < 4.78 is 28.0. The van der Waals surface area contributed by atoms with E-state index in [1.165, 1.54) is 0 Å². The summed E-state index contributed by atoms with van der Waals surface area (Å²) in [4.78, 5) is 2.69. The zero-order valence-electron chi connectivity index (χ0n) is 15.1. The van der Waals surface area contributed by atoms with Gasteiger partial charge in [-0.2, -0.15) is 4.31 Å². The number of likely N-dealkylation sites (tertiary alicyclic amines) is 1. The molecule has 2 unspecified atom stereocenters. The Morgan fingerprint density at radius 2 is 1.64 bits per heavy atom. The van der Waals surface area contributed by atoms with Crippen molar-refractivity contribution in [1.82, 2.24) is 9.21 Å². The van der Waals surface area contributed by atoms with Crippen LogP contribution in [0.3, 0.4) is 0 Å². The van der Waals surface area contributed by atoms with Crippen molar-refractivity contribution >= 4 is 10.0 Å². The highest BCUT2D eigenvalue weighted by molar-refractivity contribution is 7.89. The van der Waals surface area contributed by atoms with E-state index in [4.69, 9.17) is 0 Å². The second-order valence-electron chi connectivity index (χ2n) is 7.41. The Hall–Kier alpha value is -0.950. The number of hydrogen-bond donors (Lipinski definition) is 1. The van der Waals surface area contributed by atoms with Gasteiger partial charge in [0.15, 0.2) is 0 Å². The number of aliphatic hydroxyl groups is 1. The van der Waals surface area contributed by atoms with Crippen LogP contribution in [0.4, 0.5) is 0 Å². The van der Waals surface area contributed by atoms with Crippen molar-refractivity contribution in [3.63, 3.8) is 0 Å². The van der Waals surface area contributed by atoms with Crippen LogP contribution < -0.4 is 0 Å². The third-order valence-electron chi connectivity index (χ3n) is 5.61. The van der Waals surface area contributed by atoms with Crippen molar-refractivity contribution < 1.29 is 13.5 Å². The quantitative estimate of drug-likeness (QED) is 0.869. The molecule has 0 aromatic heterocycles. The van der Waals surface area contributed by atoms with E-state index >= 15 is 0 Å². The number of hydrogen-bond acceptors (Lipinski definition) is 4. The summed E-state index contributed by atoms with van der Waals surface area (Å²) in [5.74, 6) is 0. The van der Waals surface area contributed by atoms with E-state index in [1.54, 1.807) is 16.4 Å². The molecule has 0 radical (unpaired) electrons. The van der Waals surface area contributed by atoms with Crippen LogP contribution in [-0.4, -0.2) is 61.1 Å². The molecule has 2 saturated heterocycles. The minimum absolute atomic E-state index is 0.00667. The molecule has 2 aliphatic heterocycles. The monoisotopic (exact) mass is 366 g/mol. The molecular weight excluding hydrogens is 336 g/mol. The number of sulfonamides is 1. The third kappa shape index (κ3) is 4.25. The van der Waals surface area contributed by atoms with Crippen molar-refractivity contribution in [3.05, 3.63) is 29.8 Å². The Morgan fingerprint density at radius 3 is 2.32 bits per heavy atom. The fourth-order valence-electron chi connectivity index (χ4n) is 4.10. The SMILES string of the molecule is Cc1ccc(S(=O)(=O)N2CCCCC2CN2CCCCC2CO)cc1. The number of piperidine rings is 2. The first kappa shape index (κ1) is 18.8. The number of aliphatic hydroxyl groups excluding tert-OH is 1. The second kappa shape index (κ2) is 8.16. The minimum atomic E-state index is -3.46. The zero-order chi connectivity index (χ0) is 17.9. The van der Waals surface area contributed by atoms with Crippen LogP contribution in [0, 0.1) is 6.92 Å². The average molecular weight is 367 g/mol. The van der Waals surface area contributed by atoms with Gasteiger partial charge in [0.1, 0.15) is 0 Å². The summed E-state index contributed by atoms with van der Waals surface area (Å²) in [6, 6.07) is 7.34. The predicted molar refractivity (Wildman–Crippen MR) is 99.0 cm³/mol. The summed E-state index contributed by atoms with van der Waals surface area (Å²) >= 11 is 0. The lowest BCUT2D eigenvalue weighted by molar-refractivity contribution is 0.0649. The predicted octanol–water partition coefficient (Wildman–Crippen LogP) is 2.39. The molecule has 2 aliphatic rings. The molecule has 2 fully saturated rings. The zero-order valence-corrected chi connectivity index (χ0v) is 15.9. The van der Waals surface area contributed by atoms with E-state index in [9.17, 15) is 13.5 Å². The van der Waals surface area contributed by atoms with Gasteiger partial charge in [0, 0.05) is 25.2 Å². The van der Waals surface area contributed by atoms with Crippen LogP contribution in [0.15, 0.2) is 29.2 Å². The minimum Gasteiger partial charge on any atom is -0.395 e. The molecule has 2 atom stereocenters. The molecule has 6 heteroatoms. The standard InChI is InChI=1S/C19H30N2O3S/c1-16-8-10-19(11-9-16)25(23,24)21-13-5-3-6-17(21)14-20-12-4-2-7-18(20)15-22/h8-11,17-18,22H,2-7,12-15H2,1H3. The van der Waals surface area contributed by atoms with Gasteiger partial charge in [-0.15, -0.1) is 0 Å². The number of aryl methyl sites for hydroxylation is 1. The number of nitrogens with zero attached hydrogens (tertiary/aromatic N) is 2. The van der Waals surface area contributed by atoms with Crippen LogP contribution in [0.25, 0.3) is 0 Å². The van der Waals surface area contributed by atoms with Gasteiger partial charge in [-0.1, -0.05) is 30.5 Å². The van der Waals surface area contributed by atoms with Gasteiger partial charge >= 0.3 is 0 Å². The average Bonchev–Trinajstić information content (AvgIpc) is 2.63. The molecule has 0 spiro atoms. The van der Waals surface area contributed by atoms with E-state index in [0.717, 1.165) is 57.2 Å². The highest BCUT2D eigenvalue weighted by atomic mass is 32.2. The summed E-state index contributed by atoms with van der Waals surface area (Å²) in [7, 11) is -3.46. The maximum Gasteiger partial charge on any atom is 0.243 e. The summed E-state index contributed by atoms with van der Waals surface area (Å²) in [6.07, 6.45) is 6.19. The molecular formula is C19H30N2O3S. The fraction of sp³-hybridized carbons (Fsp3) is 0.684. The molecule has 1 N–H and O–H groups in total. The highest BCUT2D eigenvalue weighted by Crippen LogP contribution is 2.28. The largest absolute Gasteiger partial charge is 0.395 e. The Labute approximate surface area is 151 Å². The first-order chi connectivity index (χ1) is 12.0. The maximum absolute atomic E-state index is 13.2. The smallest absolute Gasteiger partial charge is 0.243 e. The molecule has 25 heavy (non-hydrogen) atoms. The first-order valence-electron chi connectivity index (χ1n) is 9.46. The molecule has 140 valence electrons. The van der Waals surface area contributed by atoms with Crippen molar-refractivity contribution in [3.8, 4) is 0 Å². The first-order valence-corrected chi connectivity index (χ1v) is 10.9. The van der Waals surface area contributed by atoms with Crippen LogP contribution >= 0.6 is 0 Å². The second-order valence-corrected chi connectivity index (χ2v) is 9.30. The van der Waals surface area contributed by atoms with Crippen LogP contribution in [0.5, 0.6) is 0 Å². The normalized spacial score (nSPS) is 26.6. The molecule has 3 rings (SSSR count). The van der Waals surface area contributed by atoms with Crippen LogP contribution in [0.2, 0.25) is 0 Å². The van der Waals surface area contributed by atoms with Crippen molar-refractivity contribution in [2.45, 2.75) is 62.4 Å². The van der Waals surface area contributed by atoms with Gasteiger partial charge in [0.25, 0.3) is 0 Å². The Morgan fingerprint density at radius 1 is 1.00 bits per heavy atom. The van der Waals surface area contributed by atoms with Crippen molar-refractivity contribution in [1.29, 1.82) is 0 Å². The Bertz CT molecular complexity index is 660. The van der Waals surface area contributed by atoms with Gasteiger partial charge in [-0.3, -0.25) is 4.90 Å². The Kier molecular flexibility index (Phi) is 6.15. The van der Waals surface area contributed by atoms with Gasteiger partial charge in [0.05, 0.1) is 11.5 Å². The lowest BCUT2D eigenvalue weighted by Gasteiger charge is -2.41. The van der Waals surface area contributed by atoms with E-state index in [-0.39, 0.29) is 18.7 Å². The molecule has 1 aromatic carbocycles. The number of rotatable bonds is 5. The summed E-state index contributed by atoms with van der Waals surface area (Å²) in [5.41, 5.74) is 1.06. The molecule has 2 heterocycles. The van der Waals surface area contributed by atoms with Gasteiger partial charge in [0.2, 0.25) is 10.0 Å². The molecule has 1 aromatic rings. The van der Waals surface area contributed by atoms with Crippen LogP contribution in [0.1, 0.15) is 44.1 Å². The summed E-state index contributed by atoms with van der Waals surface area (Å²) in [5, 5.41) is 9.65. The van der Waals surface area contributed by atoms with E-state index in [1.807, 2.05) is 19.1 Å². The molecule has 0 saturated carbocycles. The van der Waals surface area contributed by atoms with E-state index in [0.29, 0.717) is 11.4 Å². The number of benzene rings is 1. The lowest BCUT2D eigenvalue weighted by atomic mass is 9.99. The van der Waals surface area contributed by atoms with Crippen molar-refractivity contribution in [2.24, 2.45) is 0 Å². The maximum atomic E-state index is 13.2. The molecule has 0 amide bonds. The summed E-state index contributed by atoms with van der Waals surface area (Å²) in [6.45, 7) is 4.41. The van der Waals surface area contributed by atoms with Crippen LogP contribution in [-0.2, 0) is 10.0 Å². The van der Waals surface area contributed by atoms with Gasteiger partial charge in [-0.25, -0.2) is 8.42 Å². The molecule has 0 bridgehead atoms. The van der Waals surface area contributed by atoms with Gasteiger partial charge < -0.3 is 5.11 Å². The topological polar surface area (TPSA) is 60.9 Å². The van der Waals surface area contributed by atoms with E-state index < -0.39 is 10.0 Å². The third-order valence-corrected chi connectivity index (χ3v) is 7.57. The van der Waals surface area contributed by atoms with E-state index in [2.05, 4.69) is 4.90 Å².